The van der Waals surface area contributed by atoms with Crippen LogP contribution in [0.4, 0.5) is 0 Å². The van der Waals surface area contributed by atoms with Crippen LogP contribution < -0.4 is 10.5 Å². The van der Waals surface area contributed by atoms with Gasteiger partial charge in [-0.1, -0.05) is 11.6 Å². The van der Waals surface area contributed by atoms with E-state index in [9.17, 15) is 9.90 Å². The number of carbonyl (C=O) groups is 1. The molecular formula is C15H17NO4. The molecule has 4 N–H and O–H groups in total. The van der Waals surface area contributed by atoms with Crippen LogP contribution >= 0.6 is 0 Å². The molecule has 1 aliphatic carbocycles. The van der Waals surface area contributed by atoms with Crippen LogP contribution in [-0.2, 0) is 4.79 Å². The normalized spacial score (nSPS) is 16.1. The number of allylic oxidation sites excluding steroid dienone is 3. The predicted molar refractivity (Wildman–Crippen MR) is 74.4 cm³/mol. The SMILES string of the molecule is N[C@@H](CC1=CC=C(Oc2ccc(O)cc2)CC1)C(=O)O. The number of ether oxygens (including phenoxy) is 1. The highest BCUT2D eigenvalue weighted by molar-refractivity contribution is 5.73. The lowest BCUT2D eigenvalue weighted by atomic mass is 9.97. The first-order chi connectivity index (χ1) is 9.54. The minimum Gasteiger partial charge on any atom is -0.508 e. The topological polar surface area (TPSA) is 92.8 Å². The average Bonchev–Trinajstić information content (AvgIpc) is 2.43. The molecule has 0 radical (unpaired) electrons. The zero-order valence-electron chi connectivity index (χ0n) is 11.0. The third kappa shape index (κ3) is 3.86. The standard InChI is InChI=1S/C15H17NO4/c16-14(15(18)19)9-10-1-5-12(6-2-10)20-13-7-3-11(17)4-8-13/h1,3-5,7-8,14,17H,2,6,9,16H2,(H,18,19)/t14-/m0/s1. The first kappa shape index (κ1) is 14.1. The maximum Gasteiger partial charge on any atom is 0.320 e. The summed E-state index contributed by atoms with van der Waals surface area (Å²) in [4.78, 5) is 10.7. The number of aromatic hydroxyl groups is 1. The Morgan fingerprint density at radius 1 is 1.25 bits per heavy atom. The van der Waals surface area contributed by atoms with Gasteiger partial charge in [0, 0.05) is 6.42 Å². The molecule has 1 aromatic carbocycles. The minimum absolute atomic E-state index is 0.194. The van der Waals surface area contributed by atoms with Gasteiger partial charge >= 0.3 is 5.97 Å². The first-order valence-electron chi connectivity index (χ1n) is 6.38. The van der Waals surface area contributed by atoms with Gasteiger partial charge in [0.05, 0.1) is 0 Å². The number of carboxylic acid groups (broad SMARTS) is 1. The number of hydrogen-bond donors (Lipinski definition) is 3. The smallest absolute Gasteiger partial charge is 0.320 e. The van der Waals surface area contributed by atoms with Crippen LogP contribution in [0.25, 0.3) is 0 Å². The van der Waals surface area contributed by atoms with E-state index < -0.39 is 12.0 Å². The molecule has 0 saturated carbocycles. The van der Waals surface area contributed by atoms with Crippen molar-refractivity contribution in [3.63, 3.8) is 0 Å². The van der Waals surface area contributed by atoms with Crippen molar-refractivity contribution >= 4 is 5.97 Å². The van der Waals surface area contributed by atoms with Crippen molar-refractivity contribution in [3.8, 4) is 11.5 Å². The summed E-state index contributed by atoms with van der Waals surface area (Å²) in [6.45, 7) is 0. The van der Waals surface area contributed by atoms with Gasteiger partial charge in [-0.25, -0.2) is 0 Å². The summed E-state index contributed by atoms with van der Waals surface area (Å²) in [6, 6.07) is 5.65. The molecule has 20 heavy (non-hydrogen) atoms. The third-order valence-electron chi connectivity index (χ3n) is 3.08. The molecule has 106 valence electrons. The second kappa shape index (κ2) is 6.25. The van der Waals surface area contributed by atoms with Crippen LogP contribution in [0, 0.1) is 0 Å². The summed E-state index contributed by atoms with van der Waals surface area (Å²) in [5.41, 5.74) is 6.52. The zero-order chi connectivity index (χ0) is 14.5. The molecule has 0 heterocycles. The molecule has 0 bridgehead atoms. The van der Waals surface area contributed by atoms with Gasteiger partial charge in [0.15, 0.2) is 0 Å². The molecule has 1 aromatic rings. The largest absolute Gasteiger partial charge is 0.508 e. The summed E-state index contributed by atoms with van der Waals surface area (Å²) in [7, 11) is 0. The van der Waals surface area contributed by atoms with Crippen molar-refractivity contribution < 1.29 is 19.7 Å². The van der Waals surface area contributed by atoms with Gasteiger partial charge in [0.1, 0.15) is 23.3 Å². The predicted octanol–water partition coefficient (Wildman–Crippen LogP) is 2.18. The maximum atomic E-state index is 10.7. The first-order valence-corrected chi connectivity index (χ1v) is 6.38. The number of rotatable bonds is 5. The molecule has 2 rings (SSSR count). The molecule has 0 spiro atoms. The quantitative estimate of drug-likeness (QED) is 0.766. The van der Waals surface area contributed by atoms with Gasteiger partial charge in [-0.2, -0.15) is 0 Å². The highest BCUT2D eigenvalue weighted by atomic mass is 16.5. The second-order valence-corrected chi connectivity index (χ2v) is 4.70. The Labute approximate surface area is 117 Å². The van der Waals surface area contributed by atoms with Crippen LogP contribution in [0.15, 0.2) is 47.7 Å². The molecule has 0 aromatic heterocycles. The molecule has 0 aliphatic heterocycles. The van der Waals surface area contributed by atoms with Crippen LogP contribution in [0.5, 0.6) is 11.5 Å². The van der Waals surface area contributed by atoms with Crippen molar-refractivity contribution in [2.75, 3.05) is 0 Å². The fourth-order valence-electron chi connectivity index (χ4n) is 1.95. The fraction of sp³-hybridized carbons (Fsp3) is 0.267. The lowest BCUT2D eigenvalue weighted by Crippen LogP contribution is -2.30. The molecule has 0 fully saturated rings. The fourth-order valence-corrected chi connectivity index (χ4v) is 1.95. The average molecular weight is 275 g/mol. The number of benzene rings is 1. The van der Waals surface area contributed by atoms with Crippen molar-refractivity contribution in [3.05, 3.63) is 47.7 Å². The van der Waals surface area contributed by atoms with Crippen molar-refractivity contribution in [1.29, 1.82) is 0 Å². The van der Waals surface area contributed by atoms with E-state index >= 15 is 0 Å². The number of phenols is 1. The van der Waals surface area contributed by atoms with E-state index in [1.54, 1.807) is 24.3 Å². The third-order valence-corrected chi connectivity index (χ3v) is 3.08. The van der Waals surface area contributed by atoms with E-state index in [1.165, 1.54) is 0 Å². The van der Waals surface area contributed by atoms with Gasteiger partial charge in [-0.15, -0.1) is 0 Å². The zero-order valence-corrected chi connectivity index (χ0v) is 11.0. The molecule has 1 aliphatic rings. The van der Waals surface area contributed by atoms with E-state index in [-0.39, 0.29) is 5.75 Å². The summed E-state index contributed by atoms with van der Waals surface area (Å²) in [6.07, 6.45) is 5.50. The van der Waals surface area contributed by atoms with E-state index in [1.807, 2.05) is 12.2 Å². The number of nitrogens with two attached hydrogens (primary N) is 1. The summed E-state index contributed by atoms with van der Waals surface area (Å²) in [5, 5.41) is 18.0. The van der Waals surface area contributed by atoms with E-state index in [0.29, 0.717) is 18.6 Å². The Hall–Kier alpha value is -2.27. The Kier molecular flexibility index (Phi) is 4.42. The van der Waals surface area contributed by atoms with Gasteiger partial charge in [0.25, 0.3) is 0 Å². The molecular weight excluding hydrogens is 258 g/mol. The number of hydrogen-bond acceptors (Lipinski definition) is 4. The highest BCUT2D eigenvalue weighted by Gasteiger charge is 2.16. The molecule has 0 unspecified atom stereocenters. The molecule has 1 atom stereocenters. The van der Waals surface area contributed by atoms with Gasteiger partial charge < -0.3 is 20.7 Å². The van der Waals surface area contributed by atoms with E-state index in [4.69, 9.17) is 15.6 Å². The van der Waals surface area contributed by atoms with E-state index in [2.05, 4.69) is 0 Å². The van der Waals surface area contributed by atoms with Crippen LogP contribution in [-0.4, -0.2) is 22.2 Å². The van der Waals surface area contributed by atoms with Gasteiger partial charge in [-0.05, 0) is 43.2 Å². The molecule has 0 saturated heterocycles. The Morgan fingerprint density at radius 2 is 1.95 bits per heavy atom. The molecule has 5 heteroatoms. The minimum atomic E-state index is -0.985. The lowest BCUT2D eigenvalue weighted by Gasteiger charge is -2.17. The summed E-state index contributed by atoms with van der Waals surface area (Å²) in [5.74, 6) is 0.678. The van der Waals surface area contributed by atoms with E-state index in [0.717, 1.165) is 17.8 Å². The van der Waals surface area contributed by atoms with Crippen molar-refractivity contribution in [2.24, 2.45) is 5.73 Å². The lowest BCUT2D eigenvalue weighted by molar-refractivity contribution is -0.138. The summed E-state index contributed by atoms with van der Waals surface area (Å²) < 4.78 is 5.67. The van der Waals surface area contributed by atoms with Gasteiger partial charge in [-0.3, -0.25) is 4.79 Å². The Bertz CT molecular complexity index is 545. The number of phenolic OH excluding ortho intramolecular Hbond substituents is 1. The van der Waals surface area contributed by atoms with Gasteiger partial charge in [0.2, 0.25) is 0 Å². The second-order valence-electron chi connectivity index (χ2n) is 4.70. The van der Waals surface area contributed by atoms with Crippen LogP contribution in [0.1, 0.15) is 19.3 Å². The number of aliphatic carboxylic acids is 1. The van der Waals surface area contributed by atoms with Crippen LogP contribution in [0.3, 0.4) is 0 Å². The van der Waals surface area contributed by atoms with Crippen molar-refractivity contribution in [1.82, 2.24) is 0 Å². The van der Waals surface area contributed by atoms with Crippen LogP contribution in [0.2, 0.25) is 0 Å². The Morgan fingerprint density at radius 3 is 2.50 bits per heavy atom. The maximum absolute atomic E-state index is 10.7. The summed E-state index contributed by atoms with van der Waals surface area (Å²) >= 11 is 0. The molecule has 0 amide bonds. The molecule has 5 nitrogen and oxygen atoms in total. The Balaban J connectivity index is 1.95. The highest BCUT2D eigenvalue weighted by Crippen LogP contribution is 2.25. The van der Waals surface area contributed by atoms with Crippen molar-refractivity contribution in [2.45, 2.75) is 25.3 Å². The monoisotopic (exact) mass is 275 g/mol. The number of carboxylic acids is 1.